The number of halogens is 3. The number of hydrogen-bond donors (Lipinski definition) is 2. The fourth-order valence-electron chi connectivity index (χ4n) is 15.1. The van der Waals surface area contributed by atoms with Gasteiger partial charge < -0.3 is 10.2 Å². The van der Waals surface area contributed by atoms with E-state index in [0.29, 0.717) is 68.9 Å². The SMILES string of the molecule is CC(C)(C)c1cc(-c2ccccc2-c2cc(C(F)(F)F)cc(-c3ccccc3-c3cc(C(C)(C)C)cc(C45CC6CC(CC(C6)C4)C5)c3O)n2)c(O)c(C23CC4CC(CC(C4)C2)C3)c1. The van der Waals surface area contributed by atoms with Gasteiger partial charge in [-0.05, 0) is 181 Å². The molecule has 13 rings (SSSR count). The number of rotatable bonds is 6. The predicted molar refractivity (Wildman–Crippen MR) is 251 cm³/mol. The summed E-state index contributed by atoms with van der Waals surface area (Å²) in [6.07, 6.45) is 9.53. The molecule has 8 saturated carbocycles. The molecule has 8 aliphatic rings. The maximum Gasteiger partial charge on any atom is 0.416 e. The van der Waals surface area contributed by atoms with Crippen molar-refractivity contribution in [2.45, 2.75) is 146 Å². The smallest absolute Gasteiger partial charge is 0.416 e. The first-order chi connectivity index (χ1) is 30.2. The van der Waals surface area contributed by atoms with Crippen LogP contribution in [0.1, 0.15) is 146 Å². The fourth-order valence-corrected chi connectivity index (χ4v) is 15.1. The van der Waals surface area contributed by atoms with Gasteiger partial charge in [0.05, 0.1) is 17.0 Å². The second-order valence-corrected chi connectivity index (χ2v) is 24.0. The molecule has 2 N–H and O–H groups in total. The number of alkyl halides is 3. The highest BCUT2D eigenvalue weighted by atomic mass is 19.4. The van der Waals surface area contributed by atoms with Crippen LogP contribution in [0.4, 0.5) is 13.2 Å². The average molecular weight is 864 g/mol. The molecule has 4 aromatic carbocycles. The standard InChI is InChI=1S/C58H64F3NO2/c1-54(2,3)39-21-46(52(63)48(23-39)56-27-33-15-34(28-56)17-35(16-33)29-56)42-11-7-9-13-44(42)50-25-41(58(59,60)61)26-51(62-50)45-14-10-8-12-43(45)47-22-40(55(4,5)6)24-49(53(47)64)57-30-36-18-37(31-57)20-38(19-36)32-57/h7-14,21-26,33-38,63-64H,15-20,27-32H2,1-6H3. The van der Waals surface area contributed by atoms with E-state index in [1.165, 1.54) is 50.7 Å². The second-order valence-electron chi connectivity index (χ2n) is 24.0. The lowest BCUT2D eigenvalue weighted by atomic mass is 9.47. The Labute approximate surface area is 378 Å². The number of pyridine rings is 1. The van der Waals surface area contributed by atoms with Gasteiger partial charge in [-0.3, -0.25) is 0 Å². The Bertz CT molecular complexity index is 2430. The molecular weight excluding hydrogens is 800 g/mol. The number of aromatic hydroxyl groups is 2. The number of benzene rings is 4. The highest BCUT2D eigenvalue weighted by Crippen LogP contribution is 2.64. The molecule has 0 saturated heterocycles. The highest BCUT2D eigenvalue weighted by molar-refractivity contribution is 5.90. The third kappa shape index (κ3) is 7.01. The van der Waals surface area contributed by atoms with Crippen molar-refractivity contribution in [1.82, 2.24) is 4.98 Å². The highest BCUT2D eigenvalue weighted by Gasteiger charge is 2.54. The molecule has 5 aromatic rings. The van der Waals surface area contributed by atoms with Gasteiger partial charge in [-0.25, -0.2) is 4.98 Å². The van der Waals surface area contributed by atoms with Crippen molar-refractivity contribution in [1.29, 1.82) is 0 Å². The normalized spacial score (nSPS) is 29.5. The van der Waals surface area contributed by atoms with E-state index in [1.807, 2.05) is 48.5 Å². The molecule has 1 aromatic heterocycles. The van der Waals surface area contributed by atoms with Gasteiger partial charge in [0.1, 0.15) is 11.5 Å². The lowest BCUT2D eigenvalue weighted by Gasteiger charge is -2.57. The molecule has 8 bridgehead atoms. The molecular formula is C58H64F3NO2. The summed E-state index contributed by atoms with van der Waals surface area (Å²) in [6, 6.07) is 26.0. The molecule has 0 radical (unpaired) electrons. The molecule has 6 heteroatoms. The van der Waals surface area contributed by atoms with Gasteiger partial charge >= 0.3 is 6.18 Å². The average Bonchev–Trinajstić information content (AvgIpc) is 3.21. The molecule has 64 heavy (non-hydrogen) atoms. The number of phenolic OH excluding ortho intramolecular Hbond substituents is 2. The van der Waals surface area contributed by atoms with Crippen molar-refractivity contribution >= 4 is 0 Å². The predicted octanol–water partition coefficient (Wildman–Crippen LogP) is 15.7. The van der Waals surface area contributed by atoms with Crippen LogP contribution in [0.2, 0.25) is 0 Å². The number of aromatic nitrogens is 1. The van der Waals surface area contributed by atoms with Crippen molar-refractivity contribution < 1.29 is 23.4 Å². The molecule has 0 atom stereocenters. The summed E-state index contributed by atoms with van der Waals surface area (Å²) in [7, 11) is 0. The van der Waals surface area contributed by atoms with Gasteiger partial charge in [0.25, 0.3) is 0 Å². The zero-order valence-electron chi connectivity index (χ0n) is 38.5. The molecule has 3 nitrogen and oxygen atoms in total. The van der Waals surface area contributed by atoms with Crippen LogP contribution >= 0.6 is 0 Å². The summed E-state index contributed by atoms with van der Waals surface area (Å²) in [5.41, 5.74) is 6.88. The van der Waals surface area contributed by atoms with Crippen LogP contribution in [0, 0.1) is 35.5 Å². The summed E-state index contributed by atoms with van der Waals surface area (Å²) in [6.45, 7) is 13.2. The van der Waals surface area contributed by atoms with Crippen LogP contribution in [0.25, 0.3) is 44.8 Å². The van der Waals surface area contributed by atoms with Gasteiger partial charge in [0, 0.05) is 33.4 Å². The Morgan fingerprint density at radius 3 is 1.05 bits per heavy atom. The maximum atomic E-state index is 15.2. The quantitative estimate of drug-likeness (QED) is 0.179. The number of hydrogen-bond acceptors (Lipinski definition) is 3. The lowest BCUT2D eigenvalue weighted by Crippen LogP contribution is -2.48. The Balaban J connectivity index is 1.08. The van der Waals surface area contributed by atoms with E-state index in [-0.39, 0.29) is 44.5 Å². The monoisotopic (exact) mass is 863 g/mol. The minimum absolute atomic E-state index is 0.0967. The molecule has 1 heterocycles. The third-order valence-corrected chi connectivity index (χ3v) is 17.3. The Hall–Kier alpha value is -4.58. The van der Waals surface area contributed by atoms with E-state index < -0.39 is 11.7 Å². The van der Waals surface area contributed by atoms with Crippen LogP contribution in [0.5, 0.6) is 11.5 Å². The summed E-state index contributed by atoms with van der Waals surface area (Å²) in [4.78, 5) is 5.15. The second kappa shape index (κ2) is 14.5. The molecule has 0 amide bonds. The van der Waals surface area contributed by atoms with Crippen molar-refractivity contribution in [3.63, 3.8) is 0 Å². The van der Waals surface area contributed by atoms with Gasteiger partial charge in [-0.15, -0.1) is 0 Å². The van der Waals surface area contributed by atoms with E-state index in [4.69, 9.17) is 4.98 Å². The van der Waals surface area contributed by atoms with Crippen LogP contribution in [0.3, 0.4) is 0 Å². The summed E-state index contributed by atoms with van der Waals surface area (Å²) in [5.74, 6) is 4.57. The first-order valence-corrected chi connectivity index (χ1v) is 24.3. The van der Waals surface area contributed by atoms with Gasteiger partial charge in [0.2, 0.25) is 0 Å². The zero-order valence-corrected chi connectivity index (χ0v) is 38.5. The van der Waals surface area contributed by atoms with Crippen LogP contribution < -0.4 is 0 Å². The van der Waals surface area contributed by atoms with E-state index >= 15 is 13.2 Å². The van der Waals surface area contributed by atoms with Gasteiger partial charge in [0.15, 0.2) is 0 Å². The lowest BCUT2D eigenvalue weighted by molar-refractivity contribution is -0.137. The van der Waals surface area contributed by atoms with Crippen molar-refractivity contribution in [2.24, 2.45) is 35.5 Å². The van der Waals surface area contributed by atoms with E-state index in [0.717, 1.165) is 60.8 Å². The molecule has 8 fully saturated rings. The van der Waals surface area contributed by atoms with Crippen LogP contribution in [0.15, 0.2) is 84.9 Å². The number of phenols is 2. The van der Waals surface area contributed by atoms with E-state index in [1.54, 1.807) is 0 Å². The van der Waals surface area contributed by atoms with Crippen LogP contribution in [-0.2, 0) is 27.8 Å². The van der Waals surface area contributed by atoms with Crippen molar-refractivity contribution in [3.8, 4) is 56.3 Å². The van der Waals surface area contributed by atoms with E-state index in [9.17, 15) is 10.2 Å². The molecule has 0 unspecified atom stereocenters. The topological polar surface area (TPSA) is 53.4 Å². The van der Waals surface area contributed by atoms with E-state index in [2.05, 4.69) is 65.8 Å². The fraction of sp³-hybridized carbons (Fsp3) is 0.500. The third-order valence-electron chi connectivity index (χ3n) is 17.3. The first kappa shape index (κ1) is 42.1. The Kier molecular flexibility index (Phi) is 9.51. The zero-order chi connectivity index (χ0) is 44.7. The van der Waals surface area contributed by atoms with Gasteiger partial charge in [-0.2, -0.15) is 13.2 Å². The molecule has 0 aliphatic heterocycles. The van der Waals surface area contributed by atoms with Crippen molar-refractivity contribution in [3.05, 3.63) is 113 Å². The minimum atomic E-state index is -4.66. The molecule has 8 aliphatic carbocycles. The largest absolute Gasteiger partial charge is 0.507 e. The summed E-state index contributed by atoms with van der Waals surface area (Å²) >= 11 is 0. The summed E-state index contributed by atoms with van der Waals surface area (Å²) < 4.78 is 45.7. The maximum absolute atomic E-state index is 15.2. The minimum Gasteiger partial charge on any atom is -0.507 e. The Morgan fingerprint density at radius 1 is 0.438 bits per heavy atom. The van der Waals surface area contributed by atoms with Crippen molar-refractivity contribution in [2.75, 3.05) is 0 Å². The Morgan fingerprint density at radius 2 is 0.750 bits per heavy atom. The van der Waals surface area contributed by atoms with Crippen LogP contribution in [-0.4, -0.2) is 15.2 Å². The van der Waals surface area contributed by atoms with Gasteiger partial charge in [-0.1, -0.05) is 102 Å². The molecule has 0 spiro atoms. The first-order valence-electron chi connectivity index (χ1n) is 24.3. The molecule has 334 valence electrons. The number of nitrogens with zero attached hydrogens (tertiary/aromatic N) is 1. The summed E-state index contributed by atoms with van der Waals surface area (Å²) in [5, 5.41) is 25.2.